The molecule has 4 rings (SSSR count). The summed E-state index contributed by atoms with van der Waals surface area (Å²) in [5.74, 6) is -1.44. The quantitative estimate of drug-likeness (QED) is 0.219. The number of rotatable bonds is 7. The van der Waals surface area contributed by atoms with Gasteiger partial charge in [0.25, 0.3) is 5.56 Å². The van der Waals surface area contributed by atoms with E-state index in [1.807, 2.05) is 51.2 Å². The maximum atomic E-state index is 13.5. The lowest BCUT2D eigenvalue weighted by atomic mass is 10.1. The van der Waals surface area contributed by atoms with Gasteiger partial charge in [0, 0.05) is 30.1 Å². The molecule has 2 aromatic heterocycles. The van der Waals surface area contributed by atoms with Crippen LogP contribution in [-0.4, -0.2) is 32.3 Å². The summed E-state index contributed by atoms with van der Waals surface area (Å²) < 4.78 is 23.2. The first-order chi connectivity index (χ1) is 17.2. The number of Topliss-reactive ketones (excluding diaryl/α,β-unsaturated/α-hetero) is 1. The molecule has 0 fully saturated rings. The first-order valence-corrected chi connectivity index (χ1v) is 11.4. The normalized spacial score (nSPS) is 11.2. The number of benzene rings is 2. The van der Waals surface area contributed by atoms with E-state index in [1.165, 1.54) is 36.4 Å². The molecular weight excluding hydrogens is 461 g/mol. The van der Waals surface area contributed by atoms with Gasteiger partial charge in [-0.1, -0.05) is 30.3 Å². The molecule has 36 heavy (non-hydrogen) atoms. The lowest BCUT2D eigenvalue weighted by Crippen LogP contribution is -2.22. The highest BCUT2D eigenvalue weighted by Gasteiger charge is 2.24. The molecule has 0 radical (unpaired) electrons. The summed E-state index contributed by atoms with van der Waals surface area (Å²) in [5.41, 5.74) is 4.01. The van der Waals surface area contributed by atoms with Crippen LogP contribution in [0.4, 0.5) is 4.39 Å². The van der Waals surface area contributed by atoms with Gasteiger partial charge >= 0.3 is 5.97 Å². The number of hydrogen-bond donors (Lipinski definition) is 0. The molecule has 0 aliphatic heterocycles. The summed E-state index contributed by atoms with van der Waals surface area (Å²) in [7, 11) is 1.81. The van der Waals surface area contributed by atoms with Crippen molar-refractivity contribution in [3.05, 3.63) is 111 Å². The molecule has 0 saturated carbocycles. The zero-order valence-electron chi connectivity index (χ0n) is 20.5. The highest BCUT2D eigenvalue weighted by Crippen LogP contribution is 2.23. The molecular formula is C28H26FN3O4. The first-order valence-electron chi connectivity index (χ1n) is 11.4. The molecule has 2 heterocycles. The van der Waals surface area contributed by atoms with Crippen LogP contribution in [0.2, 0.25) is 0 Å². The van der Waals surface area contributed by atoms with Crippen LogP contribution in [0.15, 0.2) is 71.5 Å². The molecule has 7 nitrogen and oxygen atoms in total. The summed E-state index contributed by atoms with van der Waals surface area (Å²) in [6.45, 7) is 4.99. The van der Waals surface area contributed by atoms with Gasteiger partial charge in [-0.2, -0.15) is 0 Å². The summed E-state index contributed by atoms with van der Waals surface area (Å²) in [6, 6.07) is 16.6. The van der Waals surface area contributed by atoms with Gasteiger partial charge in [0.1, 0.15) is 11.5 Å². The third-order valence-electron chi connectivity index (χ3n) is 6.11. The van der Waals surface area contributed by atoms with E-state index in [0.717, 1.165) is 11.4 Å². The lowest BCUT2D eigenvalue weighted by molar-refractivity contribution is -0.136. The first kappa shape index (κ1) is 24.7. The predicted octanol–water partition coefficient (Wildman–Crippen LogP) is 4.47. The van der Waals surface area contributed by atoms with Crippen molar-refractivity contribution in [2.75, 3.05) is 6.61 Å². The summed E-state index contributed by atoms with van der Waals surface area (Å²) >= 11 is 0. The van der Waals surface area contributed by atoms with Crippen molar-refractivity contribution in [3.8, 4) is 11.4 Å². The predicted molar refractivity (Wildman–Crippen MR) is 135 cm³/mol. The van der Waals surface area contributed by atoms with Crippen LogP contribution < -0.4 is 5.56 Å². The van der Waals surface area contributed by atoms with Gasteiger partial charge in [-0.15, -0.1) is 0 Å². The van der Waals surface area contributed by atoms with E-state index in [9.17, 15) is 18.8 Å². The van der Waals surface area contributed by atoms with E-state index in [4.69, 9.17) is 4.74 Å². The van der Waals surface area contributed by atoms with Crippen LogP contribution in [0.5, 0.6) is 0 Å². The molecule has 0 atom stereocenters. The standard InChI is InChI=1S/C28H26FN3O4/c1-18-16-24(25(33)17-36-26(34)15-12-21-10-13-22(29)14-11-21)19(2)31(18)27-20(3)30(4)32(28(27)35)23-8-6-5-7-9-23/h5-16H,17H2,1-4H3. The summed E-state index contributed by atoms with van der Waals surface area (Å²) in [6.07, 6.45) is 2.66. The topological polar surface area (TPSA) is 75.2 Å². The number of carbonyl (C=O) groups excluding carboxylic acids is 2. The van der Waals surface area contributed by atoms with Crippen molar-refractivity contribution in [2.45, 2.75) is 20.8 Å². The van der Waals surface area contributed by atoms with Crippen LogP contribution in [-0.2, 0) is 16.6 Å². The second-order valence-electron chi connectivity index (χ2n) is 8.45. The average Bonchev–Trinajstić information content (AvgIpc) is 3.28. The van der Waals surface area contributed by atoms with E-state index in [0.29, 0.717) is 28.2 Å². The third kappa shape index (κ3) is 4.70. The molecule has 184 valence electrons. The van der Waals surface area contributed by atoms with E-state index < -0.39 is 12.6 Å². The van der Waals surface area contributed by atoms with Crippen LogP contribution in [0.3, 0.4) is 0 Å². The Balaban J connectivity index is 1.56. The Morgan fingerprint density at radius 2 is 1.64 bits per heavy atom. The van der Waals surface area contributed by atoms with Gasteiger partial charge in [-0.3, -0.25) is 14.3 Å². The fourth-order valence-corrected chi connectivity index (χ4v) is 4.20. The van der Waals surface area contributed by atoms with Crippen LogP contribution in [0, 0.1) is 26.6 Å². The number of aromatic nitrogens is 3. The smallest absolute Gasteiger partial charge is 0.331 e. The molecule has 0 unspecified atom stereocenters. The zero-order valence-corrected chi connectivity index (χ0v) is 20.5. The van der Waals surface area contributed by atoms with Gasteiger partial charge in [-0.25, -0.2) is 13.9 Å². The van der Waals surface area contributed by atoms with Gasteiger partial charge < -0.3 is 9.30 Å². The minimum Gasteiger partial charge on any atom is -0.454 e. The second kappa shape index (κ2) is 10.0. The molecule has 4 aromatic rings. The van der Waals surface area contributed by atoms with Crippen molar-refractivity contribution in [2.24, 2.45) is 7.05 Å². The van der Waals surface area contributed by atoms with Crippen molar-refractivity contribution in [1.82, 2.24) is 13.9 Å². The molecule has 8 heteroatoms. The fraction of sp³-hybridized carbons (Fsp3) is 0.179. The van der Waals surface area contributed by atoms with Crippen LogP contribution in [0.25, 0.3) is 17.5 Å². The highest BCUT2D eigenvalue weighted by molar-refractivity contribution is 6.00. The number of hydrogen-bond acceptors (Lipinski definition) is 4. The minimum atomic E-state index is -0.689. The van der Waals surface area contributed by atoms with E-state index in [-0.39, 0.29) is 17.2 Å². The molecule has 2 aromatic carbocycles. The van der Waals surface area contributed by atoms with Gasteiger partial charge in [0.2, 0.25) is 5.78 Å². The third-order valence-corrected chi connectivity index (χ3v) is 6.11. The number of ketones is 1. The minimum absolute atomic E-state index is 0.209. The number of carbonyl (C=O) groups is 2. The van der Waals surface area contributed by atoms with Gasteiger partial charge in [0.15, 0.2) is 6.61 Å². The molecule has 0 spiro atoms. The number of para-hydroxylation sites is 1. The Hall–Kier alpha value is -4.46. The van der Waals surface area contributed by atoms with Crippen molar-refractivity contribution < 1.29 is 18.7 Å². The maximum Gasteiger partial charge on any atom is 0.331 e. The monoisotopic (exact) mass is 487 g/mol. The number of nitrogens with zero attached hydrogens (tertiary/aromatic N) is 3. The molecule has 0 bridgehead atoms. The van der Waals surface area contributed by atoms with E-state index in [2.05, 4.69) is 0 Å². The second-order valence-corrected chi connectivity index (χ2v) is 8.45. The van der Waals surface area contributed by atoms with E-state index >= 15 is 0 Å². The number of esters is 1. The van der Waals surface area contributed by atoms with Crippen molar-refractivity contribution in [3.63, 3.8) is 0 Å². The zero-order chi connectivity index (χ0) is 26.0. The maximum absolute atomic E-state index is 13.5. The number of halogens is 1. The largest absolute Gasteiger partial charge is 0.454 e. The van der Waals surface area contributed by atoms with Gasteiger partial charge in [0.05, 0.1) is 11.4 Å². The molecule has 0 amide bonds. The SMILES string of the molecule is Cc1cc(C(=O)COC(=O)C=Cc2ccc(F)cc2)c(C)n1-c1c(C)n(C)n(-c2ccccc2)c1=O. The number of aryl methyl sites for hydroxylation is 1. The molecule has 0 aliphatic rings. The van der Waals surface area contributed by atoms with Crippen molar-refractivity contribution >= 4 is 17.8 Å². The van der Waals surface area contributed by atoms with Crippen LogP contribution in [0.1, 0.15) is 33.0 Å². The summed E-state index contributed by atoms with van der Waals surface area (Å²) in [5, 5.41) is 0. The van der Waals surface area contributed by atoms with Crippen molar-refractivity contribution in [1.29, 1.82) is 0 Å². The Morgan fingerprint density at radius 1 is 0.972 bits per heavy atom. The van der Waals surface area contributed by atoms with Crippen LogP contribution >= 0.6 is 0 Å². The van der Waals surface area contributed by atoms with Gasteiger partial charge in [-0.05, 0) is 62.7 Å². The Morgan fingerprint density at radius 3 is 2.31 bits per heavy atom. The van der Waals surface area contributed by atoms with E-state index in [1.54, 1.807) is 26.9 Å². The number of ether oxygens (including phenoxy) is 1. The Bertz CT molecular complexity index is 1520. The average molecular weight is 488 g/mol. The fourth-order valence-electron chi connectivity index (χ4n) is 4.20. The Kier molecular flexibility index (Phi) is 6.87. The highest BCUT2D eigenvalue weighted by atomic mass is 19.1. The summed E-state index contributed by atoms with van der Waals surface area (Å²) in [4.78, 5) is 38.4. The molecule has 0 aliphatic carbocycles. The molecule has 0 saturated heterocycles. The molecule has 0 N–H and O–H groups in total. The lowest BCUT2D eigenvalue weighted by Gasteiger charge is -2.08. The Labute approximate surface area is 207 Å².